The highest BCUT2D eigenvalue weighted by atomic mass is 16.7. The number of carbonyl (C=O) groups is 5. The van der Waals surface area contributed by atoms with E-state index >= 15 is 0 Å². The lowest BCUT2D eigenvalue weighted by Gasteiger charge is -2.47. The number of piperidine rings is 1. The van der Waals surface area contributed by atoms with Crippen LogP contribution in [0.2, 0.25) is 0 Å². The van der Waals surface area contributed by atoms with Gasteiger partial charge < -0.3 is 68.3 Å². The smallest absolute Gasteiger partial charge is 0.319 e. The Morgan fingerprint density at radius 1 is 0.722 bits per heavy atom. The summed E-state index contributed by atoms with van der Waals surface area (Å²) in [6, 6.07) is -0.219. The maximum absolute atomic E-state index is 14.3. The molecular weight excluding hydrogens is 1150 g/mol. The van der Waals surface area contributed by atoms with E-state index in [4.69, 9.17) is 33.2 Å². The lowest BCUT2D eigenvalue weighted by atomic mass is 9.67. The molecule has 0 aliphatic carbocycles. The zero-order chi connectivity index (χ0) is 68.0. The van der Waals surface area contributed by atoms with Gasteiger partial charge >= 0.3 is 11.9 Å². The van der Waals surface area contributed by atoms with Crippen molar-refractivity contribution in [3.05, 3.63) is 0 Å². The number of methoxy groups -OCH3 is 2. The second-order valence-electron chi connectivity index (χ2n) is 29.6. The number of rotatable bonds is 15. The minimum atomic E-state index is -1.46. The molecule has 0 aromatic rings. The second-order valence-corrected chi connectivity index (χ2v) is 29.6. The quantitative estimate of drug-likeness (QED) is 0.121. The van der Waals surface area contributed by atoms with Gasteiger partial charge in [0.1, 0.15) is 30.1 Å². The average Bonchev–Trinajstić information content (AvgIpc) is 1.10. The Kier molecular flexibility index (Phi) is 31.2. The molecule has 0 bridgehead atoms. The molecule has 21 nitrogen and oxygen atoms in total. The van der Waals surface area contributed by atoms with Crippen molar-refractivity contribution in [1.29, 1.82) is 0 Å². The van der Waals surface area contributed by atoms with E-state index < -0.39 is 76.5 Å². The first-order valence-electron chi connectivity index (χ1n) is 34.4. The van der Waals surface area contributed by atoms with Crippen LogP contribution in [0.1, 0.15) is 161 Å². The van der Waals surface area contributed by atoms with Crippen LogP contribution in [0.15, 0.2) is 0 Å². The van der Waals surface area contributed by atoms with Gasteiger partial charge in [-0.05, 0) is 206 Å². The summed E-state index contributed by atoms with van der Waals surface area (Å²) >= 11 is 0. The van der Waals surface area contributed by atoms with Gasteiger partial charge in [0.15, 0.2) is 17.9 Å². The highest BCUT2D eigenvalue weighted by Gasteiger charge is 2.54. The minimum Gasteiger partial charge on any atom is -0.463 e. The van der Waals surface area contributed by atoms with Crippen molar-refractivity contribution >= 4 is 29.4 Å². The molecule has 6 aliphatic heterocycles. The molecule has 90 heavy (non-hydrogen) atoms. The van der Waals surface area contributed by atoms with E-state index in [1.807, 2.05) is 98.5 Å². The Bertz CT molecular complexity index is 2230. The summed E-state index contributed by atoms with van der Waals surface area (Å²) in [6.45, 7) is 33.1. The zero-order valence-corrected chi connectivity index (χ0v) is 60.4. The molecule has 6 fully saturated rings. The number of likely N-dealkylation sites (N-methyl/N-ethyl adjacent to an activating group) is 4. The van der Waals surface area contributed by atoms with Gasteiger partial charge in [0.2, 0.25) is 5.91 Å². The van der Waals surface area contributed by atoms with Crippen LogP contribution in [0.5, 0.6) is 0 Å². The molecule has 0 aromatic carbocycles. The Hall–Kier alpha value is -2.77. The van der Waals surface area contributed by atoms with Crippen molar-refractivity contribution in [2.45, 2.75) is 239 Å². The summed E-state index contributed by atoms with van der Waals surface area (Å²) in [5, 5.41) is 26.2. The lowest BCUT2D eigenvalue weighted by molar-refractivity contribution is -0.297. The number of Topliss-reactive ketones (excluding diaryl/α,β-unsaturated/α-hetero) is 2. The molecule has 0 spiro atoms. The van der Waals surface area contributed by atoms with Crippen LogP contribution in [0.3, 0.4) is 0 Å². The standard InChI is InChI=1S/C35H64N4O8.C32H59N3O6.C2H6/c1-12-16-38-17-14-15-35(6,44-11)31(47-32-29(41)26(37(9)10)18-25(13-2)46-32)23(3)30(42)34(4,5)33(43)45-22-27(38)24-19-39(20-24)28(40)21-36(7)8;1-20-17-32(6,39-10)24(16-27-28(36)25(34(7)8)15-21(2)41-27)22(3)29(37)31(4,5)30(38)40-19-26(35(9)18-20)23-11-13-33-14-12-23;1-2/h23-27,29,31-32,41H,12-22H2,1-11H3;20-28,33,36H,11-19H2,1-10H3;1-2H3/t23-,25+,26-,27?,29+,31+,32-,35+;20-,21-,22-,24-,25+,26?,27+,28-,32-;/m01./s1. The van der Waals surface area contributed by atoms with Crippen molar-refractivity contribution in [3.8, 4) is 0 Å². The number of hydrogen-bond acceptors (Lipinski definition) is 20. The third-order valence-corrected chi connectivity index (χ3v) is 21.2. The molecule has 6 saturated heterocycles. The molecule has 1 amide bonds. The molecular formula is C69H129N7O14. The van der Waals surface area contributed by atoms with Crippen LogP contribution in [-0.2, 0) is 57.1 Å². The van der Waals surface area contributed by atoms with Gasteiger partial charge in [-0.2, -0.15) is 0 Å². The summed E-state index contributed by atoms with van der Waals surface area (Å²) in [6.07, 6.45) is 3.65. The summed E-state index contributed by atoms with van der Waals surface area (Å²) in [5.74, 6) is -2.18. The number of cyclic esters (lactones) is 2. The van der Waals surface area contributed by atoms with Gasteiger partial charge in [0.25, 0.3) is 0 Å². The maximum Gasteiger partial charge on any atom is 0.319 e. The number of hydrogen-bond donors (Lipinski definition) is 3. The fourth-order valence-electron chi connectivity index (χ4n) is 15.4. The van der Waals surface area contributed by atoms with Gasteiger partial charge in [0.05, 0.1) is 54.3 Å². The molecule has 2 unspecified atom stereocenters. The summed E-state index contributed by atoms with van der Waals surface area (Å²) in [4.78, 5) is 80.9. The van der Waals surface area contributed by atoms with Crippen LogP contribution in [-0.4, -0.2) is 276 Å². The number of nitrogens with one attached hydrogen (secondary N) is 1. The Morgan fingerprint density at radius 2 is 1.27 bits per heavy atom. The number of carbonyl (C=O) groups excluding carboxylic acids is 5. The van der Waals surface area contributed by atoms with E-state index in [2.05, 4.69) is 47.8 Å². The molecule has 0 aromatic heterocycles. The molecule has 6 aliphatic rings. The molecule has 524 valence electrons. The van der Waals surface area contributed by atoms with Crippen molar-refractivity contribution < 1.29 is 67.3 Å². The van der Waals surface area contributed by atoms with Crippen LogP contribution in [0, 0.1) is 46.3 Å². The Balaban J connectivity index is 0.000000377. The number of likely N-dealkylation sites (tertiary alicyclic amines) is 1. The molecule has 21 heteroatoms. The second kappa shape index (κ2) is 35.3. The first kappa shape index (κ1) is 79.7. The lowest BCUT2D eigenvalue weighted by Crippen LogP contribution is -2.61. The third kappa shape index (κ3) is 19.9. The number of amides is 1. The van der Waals surface area contributed by atoms with Crippen LogP contribution < -0.4 is 5.32 Å². The summed E-state index contributed by atoms with van der Waals surface area (Å²) in [5.41, 5.74) is -4.38. The molecule has 17 atom stereocenters. The third-order valence-electron chi connectivity index (χ3n) is 21.2. The van der Waals surface area contributed by atoms with Gasteiger partial charge in [0, 0.05) is 69.7 Å². The van der Waals surface area contributed by atoms with E-state index in [0.29, 0.717) is 44.8 Å². The molecule has 3 N–H and O–H groups in total. The van der Waals surface area contributed by atoms with Gasteiger partial charge in [-0.1, -0.05) is 48.5 Å². The van der Waals surface area contributed by atoms with Gasteiger partial charge in [-0.15, -0.1) is 0 Å². The fraction of sp³-hybridized carbons (Fsp3) is 0.928. The normalized spacial score (nSPS) is 37.1. The number of aliphatic hydroxyl groups excluding tert-OH is 2. The van der Waals surface area contributed by atoms with E-state index in [1.54, 1.807) is 48.8 Å². The van der Waals surface area contributed by atoms with Crippen LogP contribution in [0.4, 0.5) is 0 Å². The number of esters is 2. The average molecular weight is 1280 g/mol. The highest BCUT2D eigenvalue weighted by molar-refractivity contribution is 6.04. The molecule has 6 heterocycles. The predicted octanol–water partition coefficient (Wildman–Crippen LogP) is 6.27. The van der Waals surface area contributed by atoms with Crippen molar-refractivity contribution in [2.75, 3.05) is 129 Å². The van der Waals surface area contributed by atoms with Crippen LogP contribution >= 0.6 is 0 Å². The summed E-state index contributed by atoms with van der Waals surface area (Å²) in [7, 11) is 17.1. The summed E-state index contributed by atoms with van der Waals surface area (Å²) < 4.78 is 43.8. The zero-order valence-electron chi connectivity index (χ0n) is 60.4. The first-order chi connectivity index (χ1) is 42.1. The monoisotopic (exact) mass is 1280 g/mol. The van der Waals surface area contributed by atoms with Crippen molar-refractivity contribution in [2.24, 2.45) is 46.3 Å². The van der Waals surface area contributed by atoms with Crippen LogP contribution in [0.25, 0.3) is 0 Å². The minimum absolute atomic E-state index is 0.0173. The Labute approximate surface area is 544 Å². The predicted molar refractivity (Wildman–Crippen MR) is 352 cm³/mol. The van der Waals surface area contributed by atoms with Crippen molar-refractivity contribution in [1.82, 2.24) is 34.7 Å². The SMILES string of the molecule is CC.CCCN1CCC[C@@](C)(OC)[C@H](O[C@@H]2O[C@H](CC)C[C@H](N(C)C)[C@H]2O)[C@@H](C)C(=O)C(C)(C)C(=O)OCC1C1CN(C(=O)CN(C)C)C1.CO[C@]1(C)C[C@@H](C)CN(C)C(C2CCNCC2)COC(=O)C(C)(C)C(=O)[C@H](C)[C@H]1C[C@@H]1O[C@H](C)C[C@H](N(C)C)[C@H]1O. The topological polar surface area (TPSA) is 222 Å². The first-order valence-corrected chi connectivity index (χ1v) is 34.4. The number of aliphatic hydroxyl groups is 2. The number of ketones is 2. The fourth-order valence-corrected chi connectivity index (χ4v) is 15.4. The van der Waals surface area contributed by atoms with Gasteiger partial charge in [-0.3, -0.25) is 33.8 Å². The van der Waals surface area contributed by atoms with E-state index in [0.717, 1.165) is 77.7 Å². The van der Waals surface area contributed by atoms with E-state index in [9.17, 15) is 34.2 Å². The van der Waals surface area contributed by atoms with Crippen molar-refractivity contribution in [3.63, 3.8) is 0 Å². The molecule has 0 radical (unpaired) electrons. The Morgan fingerprint density at radius 3 is 1.79 bits per heavy atom. The largest absolute Gasteiger partial charge is 0.463 e. The number of nitrogens with zero attached hydrogens (tertiary/aromatic N) is 6. The molecule has 6 rings (SSSR count). The van der Waals surface area contributed by atoms with E-state index in [1.165, 1.54) is 0 Å². The highest BCUT2D eigenvalue weighted by Crippen LogP contribution is 2.44. The van der Waals surface area contributed by atoms with E-state index in [-0.39, 0.29) is 84.8 Å². The number of ether oxygens (including phenoxy) is 7. The molecule has 0 saturated carbocycles. The van der Waals surface area contributed by atoms with Gasteiger partial charge in [-0.25, -0.2) is 0 Å². The maximum atomic E-state index is 14.3.